The molecular weight excluding hydrogens is 1740 g/mol. The first-order valence-electron chi connectivity index (χ1n) is 33.1. The summed E-state index contributed by atoms with van der Waals surface area (Å²) >= 11 is 4.51. The Morgan fingerprint density at radius 2 is 0.661 bits per heavy atom. The maximum absolute atomic E-state index is 13.0. The van der Waals surface area contributed by atoms with Gasteiger partial charge >= 0.3 is 36.2 Å². The number of nitro benzene ring substituents is 1. The fraction of sp³-hybridized carbons (Fsp3) is 0.0789. The van der Waals surface area contributed by atoms with Gasteiger partial charge in [0.15, 0.2) is 0 Å². The minimum atomic E-state index is -4.71. The average Bonchev–Trinajstić information content (AvgIpc) is 0.960. The minimum Gasteiger partial charge on any atom is -0.506 e. The van der Waals surface area contributed by atoms with E-state index in [9.17, 15) is 110 Å². The van der Waals surface area contributed by atoms with E-state index in [-0.39, 0.29) is 114 Å². The van der Waals surface area contributed by atoms with E-state index in [1.807, 2.05) is 24.3 Å². The Hall–Kier alpha value is -11.9. The number of fused-ring (bicyclic) bond motifs is 5. The van der Waals surface area contributed by atoms with Gasteiger partial charge in [-0.05, 0) is 90.3 Å². The van der Waals surface area contributed by atoms with Gasteiger partial charge in [-0.2, -0.15) is 26.3 Å². The topological polar surface area (TPSA) is 458 Å². The van der Waals surface area contributed by atoms with Crippen molar-refractivity contribution in [2.75, 3.05) is 41.9 Å². The predicted molar refractivity (Wildman–Crippen MR) is 437 cm³/mol. The standard InChI is InChI=1S/C20H15NO5S3.2C19H14F3NO5S2.C18H14N2O7S2/c22-18(23)11-27-17-10-15(13-6-2-3-7-14(13)20(17)24)21-29(25,26)19-9-12-5-1-4-8-16(12)28-19;20-19(21,22)11-4-3-5-12(8-11)30(27,28)23-15-9-16(29-10-17(24)25)18(26)14-7-2-1-6-13(14)15;20-19(21,22)11-5-7-12(8-6-11)30(27,28)23-15-9-16(29-10-17(24)25)18(26)14-4-2-1-3-13(14)15;21-17(22)10-28-16-9-15(13-6-1-2-7-14(13)18(16)23)19-29(26,27)12-5-3-4-11(8-12)20(24)25/h1-10,21,24H,11H2,(H,22,23);2*1-9,23,26H,10H2,(H,24,25);1-9,19,23H,10H2,(H,21,22). The predicted octanol–water partition coefficient (Wildman–Crippen LogP) is 17.3. The molecule has 0 radical (unpaired) electrons. The number of nitrogens with zero attached hydrogens (tertiary/aromatic N) is 1. The number of benzene rings is 12. The smallest absolute Gasteiger partial charge is 0.416 e. The van der Waals surface area contributed by atoms with Crippen LogP contribution in [-0.4, -0.2) is 126 Å². The van der Waals surface area contributed by atoms with Crippen molar-refractivity contribution in [2.24, 2.45) is 0 Å². The van der Waals surface area contributed by atoms with Crippen LogP contribution in [0.15, 0.2) is 263 Å². The summed E-state index contributed by atoms with van der Waals surface area (Å²) in [6.07, 6.45) is -9.31. The summed E-state index contributed by atoms with van der Waals surface area (Å²) in [6, 6.07) is 51.0. The Labute approximate surface area is 685 Å². The summed E-state index contributed by atoms with van der Waals surface area (Å²) in [5.41, 5.74) is -2.03. The Morgan fingerprint density at radius 3 is 0.992 bits per heavy atom. The summed E-state index contributed by atoms with van der Waals surface area (Å²) < 4.78 is 190. The molecule has 118 heavy (non-hydrogen) atoms. The van der Waals surface area contributed by atoms with E-state index in [2.05, 4.69) is 18.9 Å². The number of rotatable bonds is 25. The van der Waals surface area contributed by atoms with Crippen LogP contribution < -0.4 is 18.9 Å². The highest BCUT2D eigenvalue weighted by Crippen LogP contribution is 2.46. The lowest BCUT2D eigenvalue weighted by Gasteiger charge is -2.15. The third-order valence-corrected chi connectivity index (χ3v) is 27.4. The molecule has 1 aromatic heterocycles. The second-order valence-corrected chi connectivity index (χ2v) is 36.4. The quantitative estimate of drug-likeness (QED) is 0.00831. The Morgan fingerprint density at radius 1 is 0.356 bits per heavy atom. The fourth-order valence-electron chi connectivity index (χ4n) is 11.0. The van der Waals surface area contributed by atoms with E-state index < -0.39 is 97.3 Å². The van der Waals surface area contributed by atoms with Crippen LogP contribution in [0, 0.1) is 10.1 Å². The molecule has 0 amide bonds. The maximum Gasteiger partial charge on any atom is 0.416 e. The summed E-state index contributed by atoms with van der Waals surface area (Å²) in [5, 5.41) is 92.0. The number of nitro groups is 1. The molecule has 12 aromatic carbocycles. The van der Waals surface area contributed by atoms with Crippen LogP contribution in [0.4, 0.5) is 54.8 Å². The van der Waals surface area contributed by atoms with Crippen LogP contribution >= 0.6 is 58.4 Å². The fourth-order valence-corrected chi connectivity index (χ4v) is 19.7. The molecular formula is C76H57F6N5O22S9. The van der Waals surface area contributed by atoms with Crippen LogP contribution in [0.1, 0.15) is 11.1 Å². The Bertz CT molecular complexity index is 6560. The number of hydrogen-bond acceptors (Lipinski definition) is 23. The molecule has 0 spiro atoms. The number of nitrogens with one attached hydrogen (secondary N) is 4. The highest BCUT2D eigenvalue weighted by molar-refractivity contribution is 8.01. The number of non-ortho nitro benzene ring substituents is 1. The van der Waals surface area contributed by atoms with Crippen molar-refractivity contribution >= 4 is 204 Å². The van der Waals surface area contributed by atoms with Crippen LogP contribution in [0.3, 0.4) is 0 Å². The molecule has 13 aromatic rings. The molecule has 0 fully saturated rings. The van der Waals surface area contributed by atoms with E-state index in [0.29, 0.717) is 55.4 Å². The van der Waals surface area contributed by atoms with Gasteiger partial charge < -0.3 is 40.9 Å². The van der Waals surface area contributed by atoms with Crippen molar-refractivity contribution in [3.8, 4) is 23.0 Å². The molecule has 0 saturated carbocycles. The summed E-state index contributed by atoms with van der Waals surface area (Å²) in [4.78, 5) is 53.2. The van der Waals surface area contributed by atoms with Gasteiger partial charge in [-0.25, -0.2) is 33.7 Å². The first kappa shape index (κ1) is 88.5. The van der Waals surface area contributed by atoms with Gasteiger partial charge in [0.1, 0.15) is 27.2 Å². The maximum atomic E-state index is 13.0. The number of aliphatic carboxylic acids is 4. The third kappa shape index (κ3) is 21.8. The minimum absolute atomic E-state index is 0.00583. The summed E-state index contributed by atoms with van der Waals surface area (Å²) in [7, 11) is -16.7. The van der Waals surface area contributed by atoms with Gasteiger partial charge in [-0.15, -0.1) is 58.4 Å². The second kappa shape index (κ2) is 36.7. The van der Waals surface area contributed by atoms with Gasteiger partial charge in [0, 0.05) is 59.9 Å². The first-order valence-corrected chi connectivity index (χ1v) is 43.8. The van der Waals surface area contributed by atoms with E-state index >= 15 is 0 Å². The number of carboxylic acids is 4. The van der Waals surface area contributed by atoms with E-state index in [1.165, 1.54) is 72.0 Å². The molecule has 27 nitrogen and oxygen atoms in total. The zero-order chi connectivity index (χ0) is 86.0. The number of thioether (sulfide) groups is 4. The summed E-state index contributed by atoms with van der Waals surface area (Å²) in [5.74, 6) is -6.38. The second-order valence-electron chi connectivity index (χ2n) is 24.3. The van der Waals surface area contributed by atoms with Crippen molar-refractivity contribution < 1.29 is 125 Å². The number of aromatic hydroxyl groups is 4. The number of alkyl halides is 6. The molecule has 0 aliphatic rings. The lowest BCUT2D eigenvalue weighted by Crippen LogP contribution is -2.15. The van der Waals surface area contributed by atoms with Gasteiger partial charge in [0.05, 0.1) is 96.1 Å². The number of phenols is 4. The van der Waals surface area contributed by atoms with Gasteiger partial charge in [-0.3, -0.25) is 48.2 Å². The molecule has 42 heteroatoms. The van der Waals surface area contributed by atoms with Crippen molar-refractivity contribution in [1.29, 1.82) is 0 Å². The SMILES string of the molecule is O=C(O)CSc1cc(NS(=O)(=O)c2cc3ccccc3s2)c2ccccc2c1O.O=C(O)CSc1cc(NS(=O)(=O)c2ccc(C(F)(F)F)cc2)c2ccccc2c1O.O=C(O)CSc1cc(NS(=O)(=O)c2cccc(C(F)(F)F)c2)c2ccccc2c1O.O=C(O)CSc1cc(NS(=O)(=O)c2cccc([N+](=O)[O-])c2)c2ccccc2c1O. The Balaban J connectivity index is 0.000000166. The highest BCUT2D eigenvalue weighted by atomic mass is 32.2. The normalized spacial score (nSPS) is 11.8. The highest BCUT2D eigenvalue weighted by Gasteiger charge is 2.34. The van der Waals surface area contributed by atoms with Crippen molar-refractivity contribution in [1.82, 2.24) is 0 Å². The Kier molecular flexibility index (Phi) is 27.5. The largest absolute Gasteiger partial charge is 0.506 e. The van der Waals surface area contributed by atoms with Crippen molar-refractivity contribution in [2.45, 2.75) is 50.8 Å². The molecule has 12 N–H and O–H groups in total. The zero-order valence-electron chi connectivity index (χ0n) is 59.4. The number of anilines is 4. The number of phenolic OH excluding ortho intramolecular Hbond substituents is 4. The molecule has 0 aliphatic carbocycles. The van der Waals surface area contributed by atoms with Gasteiger partial charge in [0.25, 0.3) is 45.8 Å². The van der Waals surface area contributed by atoms with Crippen molar-refractivity contribution in [3.63, 3.8) is 0 Å². The number of carboxylic acid groups (broad SMARTS) is 4. The lowest BCUT2D eigenvalue weighted by molar-refractivity contribution is -0.385. The number of thiophene rings is 1. The molecule has 0 aliphatic heterocycles. The zero-order valence-corrected chi connectivity index (χ0v) is 66.7. The molecule has 13 rings (SSSR count). The monoisotopic (exact) mass is 1790 g/mol. The van der Waals surface area contributed by atoms with Crippen LogP contribution in [0.25, 0.3) is 53.2 Å². The van der Waals surface area contributed by atoms with E-state index in [4.69, 9.17) is 20.4 Å². The molecule has 614 valence electrons. The summed E-state index contributed by atoms with van der Waals surface area (Å²) in [6.45, 7) is 0. The average molecular weight is 1790 g/mol. The molecule has 0 atom stereocenters. The van der Waals surface area contributed by atoms with Crippen molar-refractivity contribution in [3.05, 3.63) is 246 Å². The van der Waals surface area contributed by atoms with Gasteiger partial charge in [-0.1, -0.05) is 127 Å². The van der Waals surface area contributed by atoms with E-state index in [1.54, 1.807) is 84.9 Å². The lowest BCUT2D eigenvalue weighted by atomic mass is 10.1. The number of halogens is 6. The molecule has 0 unspecified atom stereocenters. The van der Waals surface area contributed by atoms with Crippen LogP contribution in [0.2, 0.25) is 0 Å². The van der Waals surface area contributed by atoms with Crippen LogP contribution in [0.5, 0.6) is 23.0 Å². The molecule has 1 heterocycles. The third-order valence-electron chi connectivity index (χ3n) is 16.3. The number of hydrogen-bond donors (Lipinski definition) is 12. The molecule has 0 bridgehead atoms. The molecule has 0 saturated heterocycles. The van der Waals surface area contributed by atoms with Crippen LogP contribution in [-0.2, 0) is 71.6 Å². The van der Waals surface area contributed by atoms with Gasteiger partial charge in [0.2, 0.25) is 0 Å². The number of carbonyl (C=O) groups is 4. The number of sulfonamides is 4. The van der Waals surface area contributed by atoms with E-state index in [0.717, 1.165) is 93.5 Å². The first-order chi connectivity index (χ1) is 55.5.